The van der Waals surface area contributed by atoms with Gasteiger partial charge >= 0.3 is 0 Å². The highest BCUT2D eigenvalue weighted by Gasteiger charge is 2.11. The number of aryl methyl sites for hydroxylation is 1. The van der Waals surface area contributed by atoms with Crippen molar-refractivity contribution in [3.63, 3.8) is 0 Å². The fourth-order valence-corrected chi connectivity index (χ4v) is 2.81. The lowest BCUT2D eigenvalue weighted by atomic mass is 10.2. The molecular formula is C20H23ClN6. The summed E-state index contributed by atoms with van der Waals surface area (Å²) in [6.45, 7) is 5.58. The molecule has 6 nitrogen and oxygen atoms in total. The van der Waals surface area contributed by atoms with Crippen molar-refractivity contribution in [3.8, 4) is 11.4 Å². The number of nitrogens with two attached hydrogens (primary N) is 1. The molecule has 0 fully saturated rings. The third kappa shape index (κ3) is 4.86. The van der Waals surface area contributed by atoms with E-state index in [0.29, 0.717) is 16.5 Å². The third-order valence-corrected chi connectivity index (χ3v) is 4.57. The second-order valence-electron chi connectivity index (χ2n) is 6.27. The Bertz CT molecular complexity index is 911. The van der Waals surface area contributed by atoms with Gasteiger partial charge in [0.1, 0.15) is 11.6 Å². The van der Waals surface area contributed by atoms with Gasteiger partial charge in [0.25, 0.3) is 0 Å². The van der Waals surface area contributed by atoms with E-state index >= 15 is 0 Å². The molecule has 0 aliphatic heterocycles. The summed E-state index contributed by atoms with van der Waals surface area (Å²) in [6, 6.07) is 11.3. The lowest BCUT2D eigenvalue weighted by molar-refractivity contribution is 0.893. The topological polar surface area (TPSA) is 88.8 Å². The number of nitrogen functional groups attached to an aromatic ring is 1. The van der Waals surface area contributed by atoms with Gasteiger partial charge in [0.15, 0.2) is 5.82 Å². The van der Waals surface area contributed by atoms with Crippen LogP contribution in [0.5, 0.6) is 0 Å². The van der Waals surface area contributed by atoms with Gasteiger partial charge in [0, 0.05) is 29.9 Å². The first-order chi connectivity index (χ1) is 13.0. The average molecular weight is 383 g/mol. The number of halogens is 1. The maximum Gasteiger partial charge on any atom is 0.163 e. The van der Waals surface area contributed by atoms with E-state index in [-0.39, 0.29) is 0 Å². The van der Waals surface area contributed by atoms with Crippen LogP contribution < -0.4 is 16.4 Å². The minimum atomic E-state index is 0.635. The number of hydrogen-bond donors (Lipinski definition) is 3. The van der Waals surface area contributed by atoms with Crippen molar-refractivity contribution < 1.29 is 0 Å². The highest BCUT2D eigenvalue weighted by atomic mass is 35.5. The number of nitrogens with one attached hydrogen (secondary N) is 2. The highest BCUT2D eigenvalue weighted by molar-refractivity contribution is 6.33. The Balaban J connectivity index is 1.61. The second kappa shape index (κ2) is 8.68. The quantitative estimate of drug-likeness (QED) is 0.528. The second-order valence-corrected chi connectivity index (χ2v) is 6.68. The maximum absolute atomic E-state index is 6.29. The number of nitrogens with zero attached hydrogens (tertiary/aromatic N) is 3. The number of pyridine rings is 1. The van der Waals surface area contributed by atoms with Gasteiger partial charge in [-0.3, -0.25) is 0 Å². The van der Waals surface area contributed by atoms with E-state index in [1.54, 1.807) is 6.20 Å². The molecule has 3 rings (SSSR count). The SMILES string of the molecule is Cc1nc(-c2ccccc2Cl)nc(NCCCNc2ccc(N)cn2)c1C. The zero-order chi connectivity index (χ0) is 19.2. The van der Waals surface area contributed by atoms with Crippen molar-refractivity contribution in [3.05, 3.63) is 58.9 Å². The lowest BCUT2D eigenvalue weighted by Gasteiger charge is -2.13. The summed E-state index contributed by atoms with van der Waals surface area (Å²) in [5.41, 5.74) is 9.11. The molecule has 0 aliphatic rings. The smallest absolute Gasteiger partial charge is 0.163 e. The highest BCUT2D eigenvalue weighted by Crippen LogP contribution is 2.27. The van der Waals surface area contributed by atoms with Crippen LogP contribution in [0.3, 0.4) is 0 Å². The van der Waals surface area contributed by atoms with Crippen LogP contribution in [0.4, 0.5) is 17.3 Å². The van der Waals surface area contributed by atoms with Crippen molar-refractivity contribution in [1.29, 1.82) is 0 Å². The predicted molar refractivity (Wildman–Crippen MR) is 112 cm³/mol. The maximum atomic E-state index is 6.29. The summed E-state index contributed by atoms with van der Waals surface area (Å²) in [4.78, 5) is 13.5. The zero-order valence-corrected chi connectivity index (χ0v) is 16.2. The third-order valence-electron chi connectivity index (χ3n) is 4.24. The number of hydrogen-bond acceptors (Lipinski definition) is 6. The molecule has 3 aromatic rings. The summed E-state index contributed by atoms with van der Waals surface area (Å²) in [5, 5.41) is 7.32. The van der Waals surface area contributed by atoms with Gasteiger partial charge in [-0.1, -0.05) is 23.7 Å². The summed E-state index contributed by atoms with van der Waals surface area (Å²) < 4.78 is 0. The minimum absolute atomic E-state index is 0.635. The first-order valence-corrected chi connectivity index (χ1v) is 9.22. The van der Waals surface area contributed by atoms with Crippen LogP contribution in [0.25, 0.3) is 11.4 Å². The molecule has 7 heteroatoms. The molecule has 0 radical (unpaired) electrons. The Hall–Kier alpha value is -2.86. The average Bonchev–Trinajstić information content (AvgIpc) is 2.66. The molecule has 1 aromatic carbocycles. The van der Waals surface area contributed by atoms with E-state index in [0.717, 1.165) is 48.0 Å². The van der Waals surface area contributed by atoms with Gasteiger partial charge in [0.2, 0.25) is 0 Å². The van der Waals surface area contributed by atoms with Gasteiger partial charge in [-0.15, -0.1) is 0 Å². The largest absolute Gasteiger partial charge is 0.397 e. The number of aromatic nitrogens is 3. The molecule has 0 saturated heterocycles. The molecule has 4 N–H and O–H groups in total. The Morgan fingerprint density at radius 3 is 2.52 bits per heavy atom. The molecule has 0 atom stereocenters. The molecule has 0 unspecified atom stereocenters. The summed E-state index contributed by atoms with van der Waals surface area (Å²) in [5.74, 6) is 2.29. The van der Waals surface area contributed by atoms with Gasteiger partial charge in [-0.2, -0.15) is 0 Å². The molecule has 0 amide bonds. The molecule has 140 valence electrons. The minimum Gasteiger partial charge on any atom is -0.397 e. The monoisotopic (exact) mass is 382 g/mol. The van der Waals surface area contributed by atoms with Crippen LogP contribution in [0.1, 0.15) is 17.7 Å². The summed E-state index contributed by atoms with van der Waals surface area (Å²) in [7, 11) is 0. The van der Waals surface area contributed by atoms with Gasteiger partial charge in [0.05, 0.1) is 16.9 Å². The molecule has 2 aromatic heterocycles. The Morgan fingerprint density at radius 2 is 1.78 bits per heavy atom. The molecule has 0 bridgehead atoms. The number of benzene rings is 1. The van der Waals surface area contributed by atoms with Gasteiger partial charge < -0.3 is 16.4 Å². The molecule has 0 aliphatic carbocycles. The fraction of sp³-hybridized carbons (Fsp3) is 0.250. The van der Waals surface area contributed by atoms with E-state index in [1.165, 1.54) is 0 Å². The molecule has 0 saturated carbocycles. The van der Waals surface area contributed by atoms with Crippen molar-refractivity contribution >= 4 is 28.9 Å². The van der Waals surface area contributed by atoms with E-state index < -0.39 is 0 Å². The standard InChI is InChI=1S/C20H23ClN6/c1-13-14(2)26-20(16-6-3-4-7-17(16)21)27-19(13)24-11-5-10-23-18-9-8-15(22)12-25-18/h3-4,6-9,12H,5,10-11,22H2,1-2H3,(H,23,25)(H,24,26,27). The number of anilines is 3. The fourth-order valence-electron chi connectivity index (χ4n) is 2.59. The van der Waals surface area contributed by atoms with E-state index in [1.807, 2.05) is 50.2 Å². The lowest BCUT2D eigenvalue weighted by Crippen LogP contribution is -2.12. The normalized spacial score (nSPS) is 10.6. The van der Waals surface area contributed by atoms with Crippen LogP contribution in [0.2, 0.25) is 5.02 Å². The molecule has 0 spiro atoms. The zero-order valence-electron chi connectivity index (χ0n) is 15.5. The Morgan fingerprint density at radius 1 is 1.00 bits per heavy atom. The summed E-state index contributed by atoms with van der Waals surface area (Å²) >= 11 is 6.29. The molecule has 27 heavy (non-hydrogen) atoms. The Labute approximate surface area is 164 Å². The van der Waals surface area contributed by atoms with E-state index in [9.17, 15) is 0 Å². The summed E-state index contributed by atoms with van der Waals surface area (Å²) in [6.07, 6.45) is 2.56. The van der Waals surface area contributed by atoms with Gasteiger partial charge in [-0.05, 0) is 44.5 Å². The van der Waals surface area contributed by atoms with E-state index in [4.69, 9.17) is 17.3 Å². The Kier molecular flexibility index (Phi) is 6.08. The van der Waals surface area contributed by atoms with E-state index in [2.05, 4.69) is 25.6 Å². The van der Waals surface area contributed by atoms with Crippen molar-refractivity contribution in [2.24, 2.45) is 0 Å². The molecule has 2 heterocycles. The predicted octanol–water partition coefficient (Wildman–Crippen LogP) is 4.31. The van der Waals surface area contributed by atoms with Crippen LogP contribution in [-0.4, -0.2) is 28.0 Å². The van der Waals surface area contributed by atoms with Crippen LogP contribution in [0, 0.1) is 13.8 Å². The first kappa shape index (κ1) is 18.9. The first-order valence-electron chi connectivity index (χ1n) is 8.84. The molecular weight excluding hydrogens is 360 g/mol. The van der Waals surface area contributed by atoms with Crippen molar-refractivity contribution in [2.75, 3.05) is 29.5 Å². The van der Waals surface area contributed by atoms with Crippen LogP contribution >= 0.6 is 11.6 Å². The number of rotatable bonds is 7. The van der Waals surface area contributed by atoms with Crippen molar-refractivity contribution in [1.82, 2.24) is 15.0 Å². The van der Waals surface area contributed by atoms with Gasteiger partial charge in [-0.25, -0.2) is 15.0 Å². The van der Waals surface area contributed by atoms with Crippen molar-refractivity contribution in [2.45, 2.75) is 20.3 Å². The van der Waals surface area contributed by atoms with Crippen LogP contribution in [0.15, 0.2) is 42.6 Å². The van der Waals surface area contributed by atoms with Crippen LogP contribution in [-0.2, 0) is 0 Å².